The molecule has 2 atom stereocenters. The number of aromatic nitrogens is 1. The van der Waals surface area contributed by atoms with Crippen molar-refractivity contribution < 1.29 is 22.7 Å². The van der Waals surface area contributed by atoms with Gasteiger partial charge in [0.25, 0.3) is 5.91 Å². The third kappa shape index (κ3) is 9.18. The summed E-state index contributed by atoms with van der Waals surface area (Å²) in [4.78, 5) is 27.7. The number of aliphatic imine (C=N–C) groups is 1. The largest absolute Gasteiger partial charge is 0.416 e. The number of hydrogen-bond acceptors (Lipinski definition) is 9. The van der Waals surface area contributed by atoms with E-state index in [1.54, 1.807) is 37.7 Å². The molecule has 2 aliphatic rings. The second-order valence-electron chi connectivity index (χ2n) is 12.7. The van der Waals surface area contributed by atoms with E-state index in [9.17, 15) is 18.0 Å². The maximum absolute atomic E-state index is 14.1. The van der Waals surface area contributed by atoms with E-state index in [0.717, 1.165) is 38.0 Å². The monoisotopic (exact) mass is 676 g/mol. The summed E-state index contributed by atoms with van der Waals surface area (Å²) >= 11 is 0. The minimum absolute atomic E-state index is 0.0516. The van der Waals surface area contributed by atoms with Crippen LogP contribution in [0.4, 0.5) is 19.0 Å². The maximum atomic E-state index is 14.1. The fourth-order valence-electron chi connectivity index (χ4n) is 6.12. The average molecular weight is 677 g/mol. The van der Waals surface area contributed by atoms with Crippen LogP contribution in [0.3, 0.4) is 0 Å². The molecule has 3 aromatic rings. The lowest BCUT2D eigenvalue weighted by atomic mass is 9.97. The van der Waals surface area contributed by atoms with Gasteiger partial charge < -0.3 is 31.0 Å². The van der Waals surface area contributed by atoms with Crippen LogP contribution in [0.2, 0.25) is 0 Å². The van der Waals surface area contributed by atoms with E-state index < -0.39 is 17.6 Å². The molecule has 2 aromatic carbocycles. The van der Waals surface area contributed by atoms with Gasteiger partial charge >= 0.3 is 6.18 Å². The summed E-state index contributed by atoms with van der Waals surface area (Å²) in [6.07, 6.45) is 1.19. The molecular formula is C36H43F3N8O2. The van der Waals surface area contributed by atoms with Gasteiger partial charge in [-0.2, -0.15) is 13.2 Å². The van der Waals surface area contributed by atoms with Crippen LogP contribution in [-0.4, -0.2) is 105 Å². The number of amides is 1. The SMILES string of the molecule is CN/C=C(\C=N)c1cnc(N)c(C(=O)/N=C\C2CN(C)C[C@@H]2OCc2ccc(-c3ccc(CN4CCN(C)CC4)c(C(F)(F)F)c3)cc2)c1. The lowest BCUT2D eigenvalue weighted by Crippen LogP contribution is -2.44. The Labute approximate surface area is 285 Å². The Bertz CT molecular complexity index is 1680. The summed E-state index contributed by atoms with van der Waals surface area (Å²) < 4.78 is 48.6. The third-order valence-electron chi connectivity index (χ3n) is 8.97. The number of piperazine rings is 1. The molecule has 2 saturated heterocycles. The van der Waals surface area contributed by atoms with Crippen LogP contribution in [0.25, 0.3) is 16.7 Å². The first-order valence-corrected chi connectivity index (χ1v) is 16.2. The third-order valence-corrected chi connectivity index (χ3v) is 8.97. The molecule has 0 radical (unpaired) electrons. The zero-order valence-corrected chi connectivity index (χ0v) is 28.0. The molecule has 0 bridgehead atoms. The number of nitrogens with zero attached hydrogens (tertiary/aromatic N) is 5. The van der Waals surface area contributed by atoms with Gasteiger partial charge in [-0.1, -0.05) is 36.4 Å². The van der Waals surface area contributed by atoms with E-state index in [1.807, 2.05) is 38.4 Å². The summed E-state index contributed by atoms with van der Waals surface area (Å²) in [7, 11) is 5.69. The van der Waals surface area contributed by atoms with Crippen molar-refractivity contribution in [1.29, 1.82) is 5.41 Å². The number of rotatable bonds is 11. The van der Waals surface area contributed by atoms with Gasteiger partial charge in [0.1, 0.15) is 5.82 Å². The Hall–Kier alpha value is -4.43. The van der Waals surface area contributed by atoms with Crippen LogP contribution >= 0.6 is 0 Å². The first kappa shape index (κ1) is 35.9. The Morgan fingerprint density at radius 2 is 1.78 bits per heavy atom. The van der Waals surface area contributed by atoms with Gasteiger partial charge in [0.2, 0.25) is 0 Å². The van der Waals surface area contributed by atoms with Gasteiger partial charge in [0, 0.05) is 94.7 Å². The number of likely N-dealkylation sites (tertiary alicyclic amines) is 1. The molecule has 10 nitrogen and oxygen atoms in total. The summed E-state index contributed by atoms with van der Waals surface area (Å²) in [6, 6.07) is 13.5. The Kier molecular flexibility index (Phi) is 11.6. The van der Waals surface area contributed by atoms with Crippen LogP contribution in [0.15, 0.2) is 65.9 Å². The zero-order valence-electron chi connectivity index (χ0n) is 28.0. The second-order valence-corrected chi connectivity index (χ2v) is 12.7. The molecule has 0 aliphatic carbocycles. The normalized spacial score (nSPS) is 19.8. The van der Waals surface area contributed by atoms with Crippen LogP contribution in [0.1, 0.15) is 32.6 Å². The van der Waals surface area contributed by atoms with E-state index in [2.05, 4.69) is 30.0 Å². The molecule has 3 heterocycles. The summed E-state index contributed by atoms with van der Waals surface area (Å²) in [5, 5.41) is 10.5. The number of nitrogens with one attached hydrogen (secondary N) is 2. The molecule has 1 amide bonds. The second kappa shape index (κ2) is 15.9. The zero-order chi connectivity index (χ0) is 35.1. The van der Waals surface area contributed by atoms with Crippen LogP contribution in [0.5, 0.6) is 0 Å². The number of allylic oxidation sites excluding steroid dienone is 1. The number of ether oxygens (including phenoxy) is 1. The van der Waals surface area contributed by atoms with Crippen molar-refractivity contribution in [2.75, 3.05) is 66.1 Å². The molecule has 2 aliphatic heterocycles. The molecular weight excluding hydrogens is 633 g/mol. The molecule has 2 fully saturated rings. The Morgan fingerprint density at radius 1 is 1.06 bits per heavy atom. The lowest BCUT2D eigenvalue weighted by Gasteiger charge is -2.33. The fourth-order valence-corrected chi connectivity index (χ4v) is 6.12. The maximum Gasteiger partial charge on any atom is 0.416 e. The van der Waals surface area contributed by atoms with Crippen LogP contribution < -0.4 is 11.1 Å². The van der Waals surface area contributed by atoms with E-state index in [0.29, 0.717) is 40.9 Å². The number of benzene rings is 2. The van der Waals surface area contributed by atoms with Crippen molar-refractivity contribution >= 4 is 29.7 Å². The number of nitrogen functional groups attached to an aromatic ring is 1. The van der Waals surface area contributed by atoms with Gasteiger partial charge in [-0.15, -0.1) is 0 Å². The van der Waals surface area contributed by atoms with Crippen LogP contribution in [-0.2, 0) is 24.1 Å². The first-order valence-electron chi connectivity index (χ1n) is 16.2. The molecule has 0 saturated carbocycles. The average Bonchev–Trinajstić information content (AvgIpc) is 3.45. The number of pyridine rings is 1. The van der Waals surface area contributed by atoms with Gasteiger partial charge in [-0.05, 0) is 48.5 Å². The summed E-state index contributed by atoms with van der Waals surface area (Å²) in [5.74, 6) is -0.640. The highest BCUT2D eigenvalue weighted by molar-refractivity contribution is 6.10. The quantitative estimate of drug-likeness (QED) is 0.251. The molecule has 13 heteroatoms. The summed E-state index contributed by atoms with van der Waals surface area (Å²) in [5.41, 5.74) is 9.00. The van der Waals surface area contributed by atoms with Gasteiger partial charge in [0.05, 0.1) is 23.8 Å². The molecule has 49 heavy (non-hydrogen) atoms. The minimum Gasteiger partial charge on any atom is -0.393 e. The summed E-state index contributed by atoms with van der Waals surface area (Å²) in [6.45, 7) is 5.01. The standard InChI is InChI=1S/C36H43F3N8O2/c1-42-17-29(16-40)28-14-31(34(41)43-18-28)35(48)44-19-30-20-46(3)22-33(30)49-23-24-4-6-25(7-5-24)26-8-9-27(32(15-26)36(37,38)39)21-47-12-10-45(2)11-13-47/h4-9,14-19,30,33,40,42H,10-13,20-23H2,1-3H3,(H2,41,43)/b29-17+,40-16?,44-19-/t30?,33-/m0/s1. The highest BCUT2D eigenvalue weighted by Crippen LogP contribution is 2.36. The predicted molar refractivity (Wildman–Crippen MR) is 187 cm³/mol. The smallest absolute Gasteiger partial charge is 0.393 e. The Morgan fingerprint density at radius 3 is 2.45 bits per heavy atom. The van der Waals surface area contributed by atoms with Crippen LogP contribution in [0, 0.1) is 11.3 Å². The van der Waals surface area contributed by atoms with Crippen molar-refractivity contribution in [3.8, 4) is 11.1 Å². The molecule has 4 N–H and O–H groups in total. The van der Waals surface area contributed by atoms with Gasteiger partial charge in [-0.3, -0.25) is 9.69 Å². The topological polar surface area (TPSA) is 123 Å². The molecule has 1 aromatic heterocycles. The van der Waals surface area contributed by atoms with Crippen molar-refractivity contribution in [2.45, 2.75) is 25.4 Å². The van der Waals surface area contributed by atoms with Gasteiger partial charge in [-0.25, -0.2) is 9.98 Å². The number of carbonyl (C=O) groups excluding carboxylic acids is 1. The van der Waals surface area contributed by atoms with Gasteiger partial charge in [0.15, 0.2) is 0 Å². The molecule has 5 rings (SSSR count). The fraction of sp³-hybridized carbons (Fsp3) is 0.389. The predicted octanol–water partition coefficient (Wildman–Crippen LogP) is 4.66. The first-order chi connectivity index (χ1) is 23.4. The van der Waals surface area contributed by atoms with E-state index in [-0.39, 0.29) is 36.6 Å². The molecule has 1 unspecified atom stereocenters. The number of alkyl halides is 3. The van der Waals surface area contributed by atoms with E-state index in [4.69, 9.17) is 15.9 Å². The van der Waals surface area contributed by atoms with E-state index in [1.165, 1.54) is 12.3 Å². The number of halogens is 3. The van der Waals surface area contributed by atoms with Crippen molar-refractivity contribution in [2.24, 2.45) is 10.9 Å². The lowest BCUT2D eigenvalue weighted by molar-refractivity contribution is -0.138. The molecule has 0 spiro atoms. The number of carbonyl (C=O) groups is 1. The number of hydrogen-bond donors (Lipinski definition) is 3. The number of likely N-dealkylation sites (N-methyl/N-ethyl adjacent to an activating group) is 2. The van der Waals surface area contributed by atoms with Crippen molar-refractivity contribution in [3.05, 3.63) is 88.7 Å². The number of anilines is 1. The highest BCUT2D eigenvalue weighted by atomic mass is 19.4. The molecule has 260 valence electrons. The number of nitrogens with two attached hydrogens (primary N) is 1. The van der Waals surface area contributed by atoms with E-state index >= 15 is 0 Å². The van der Waals surface area contributed by atoms with Crippen molar-refractivity contribution in [3.63, 3.8) is 0 Å². The Balaban J connectivity index is 1.23. The minimum atomic E-state index is -4.45. The highest BCUT2D eigenvalue weighted by Gasteiger charge is 2.34. The van der Waals surface area contributed by atoms with Crippen molar-refractivity contribution in [1.82, 2.24) is 25.0 Å².